The van der Waals surface area contributed by atoms with Crippen LogP contribution in [0.5, 0.6) is 0 Å². The van der Waals surface area contributed by atoms with Crippen molar-refractivity contribution in [3.05, 3.63) is 28.8 Å². The van der Waals surface area contributed by atoms with Gasteiger partial charge in [-0.25, -0.2) is 4.79 Å². The van der Waals surface area contributed by atoms with Gasteiger partial charge in [0.1, 0.15) is 5.60 Å². The number of nitrogen functional groups attached to an aromatic ring is 1. The van der Waals surface area contributed by atoms with Gasteiger partial charge in [0, 0.05) is 5.69 Å². The molecule has 0 atom stereocenters. The molecule has 0 heterocycles. The van der Waals surface area contributed by atoms with Crippen LogP contribution in [0.25, 0.3) is 0 Å². The molecule has 3 nitrogen and oxygen atoms in total. The molecular weight excluding hydrogens is 202 g/mol. The maximum absolute atomic E-state index is 12.0. The van der Waals surface area contributed by atoms with Crippen LogP contribution >= 0.6 is 0 Å². The van der Waals surface area contributed by atoms with Crippen LogP contribution in [0.1, 0.15) is 42.3 Å². The highest BCUT2D eigenvalue weighted by molar-refractivity contribution is 5.94. The first-order chi connectivity index (χ1) is 7.22. The summed E-state index contributed by atoms with van der Waals surface area (Å²) in [4.78, 5) is 12.0. The fourth-order valence-electron chi connectivity index (χ4n) is 1.51. The van der Waals surface area contributed by atoms with Gasteiger partial charge < -0.3 is 10.5 Å². The highest BCUT2D eigenvalue weighted by atomic mass is 16.6. The topological polar surface area (TPSA) is 52.3 Å². The summed E-state index contributed by atoms with van der Waals surface area (Å²) in [6, 6.07) is 3.64. The second-order valence-corrected chi connectivity index (χ2v) is 4.97. The summed E-state index contributed by atoms with van der Waals surface area (Å²) in [5, 5.41) is 0. The van der Waals surface area contributed by atoms with Gasteiger partial charge in [0.05, 0.1) is 5.56 Å². The van der Waals surface area contributed by atoms with Crippen molar-refractivity contribution in [3.63, 3.8) is 0 Å². The molecule has 1 rings (SSSR count). The summed E-state index contributed by atoms with van der Waals surface area (Å²) in [6.07, 6.45) is 0. The van der Waals surface area contributed by atoms with E-state index in [0.717, 1.165) is 11.1 Å². The molecule has 0 aliphatic rings. The lowest BCUT2D eigenvalue weighted by Crippen LogP contribution is -2.25. The van der Waals surface area contributed by atoms with E-state index in [-0.39, 0.29) is 5.97 Å². The standard InChI is InChI=1S/C13H19NO2/c1-8-6-7-10(14)9(2)11(8)12(15)16-13(3,4)5/h6-7H,14H2,1-5H3. The lowest BCUT2D eigenvalue weighted by atomic mass is 10.0. The first kappa shape index (κ1) is 12.6. The van der Waals surface area contributed by atoms with Crippen LogP contribution in [0.15, 0.2) is 12.1 Å². The van der Waals surface area contributed by atoms with Gasteiger partial charge in [-0.2, -0.15) is 0 Å². The molecule has 0 spiro atoms. The van der Waals surface area contributed by atoms with E-state index in [4.69, 9.17) is 10.5 Å². The molecule has 0 fully saturated rings. The van der Waals surface area contributed by atoms with E-state index in [1.807, 2.05) is 40.7 Å². The van der Waals surface area contributed by atoms with Crippen molar-refractivity contribution in [2.45, 2.75) is 40.2 Å². The van der Waals surface area contributed by atoms with Gasteiger partial charge in [0.15, 0.2) is 0 Å². The van der Waals surface area contributed by atoms with Crippen LogP contribution in [0.2, 0.25) is 0 Å². The van der Waals surface area contributed by atoms with Crippen LogP contribution in [-0.2, 0) is 4.74 Å². The van der Waals surface area contributed by atoms with Crippen LogP contribution in [0.4, 0.5) is 5.69 Å². The number of aryl methyl sites for hydroxylation is 1. The fourth-order valence-corrected chi connectivity index (χ4v) is 1.51. The predicted molar refractivity (Wildman–Crippen MR) is 65.5 cm³/mol. The molecule has 2 N–H and O–H groups in total. The van der Waals surface area contributed by atoms with E-state index in [0.29, 0.717) is 11.3 Å². The minimum Gasteiger partial charge on any atom is -0.456 e. The number of carbonyl (C=O) groups excluding carboxylic acids is 1. The van der Waals surface area contributed by atoms with E-state index in [2.05, 4.69) is 0 Å². The van der Waals surface area contributed by atoms with Crippen LogP contribution in [0.3, 0.4) is 0 Å². The van der Waals surface area contributed by atoms with Gasteiger partial charge in [-0.1, -0.05) is 6.07 Å². The molecule has 3 heteroatoms. The minimum absolute atomic E-state index is 0.310. The van der Waals surface area contributed by atoms with Crippen molar-refractivity contribution in [2.75, 3.05) is 5.73 Å². The van der Waals surface area contributed by atoms with E-state index < -0.39 is 5.60 Å². The molecule has 0 radical (unpaired) electrons. The second kappa shape index (κ2) is 4.16. The molecule has 0 aliphatic carbocycles. The summed E-state index contributed by atoms with van der Waals surface area (Å²) in [7, 11) is 0. The van der Waals surface area contributed by atoms with Crippen molar-refractivity contribution in [1.29, 1.82) is 0 Å². The molecule has 0 aromatic heterocycles. The molecule has 1 aromatic carbocycles. The molecule has 0 saturated heterocycles. The number of ether oxygens (including phenoxy) is 1. The Balaban J connectivity index is 3.14. The Morgan fingerprint density at radius 3 is 2.31 bits per heavy atom. The number of rotatable bonds is 1. The Morgan fingerprint density at radius 2 is 1.81 bits per heavy atom. The average Bonchev–Trinajstić information content (AvgIpc) is 2.09. The minimum atomic E-state index is -0.486. The Hall–Kier alpha value is -1.51. The lowest BCUT2D eigenvalue weighted by molar-refractivity contribution is 0.00681. The highest BCUT2D eigenvalue weighted by Crippen LogP contribution is 2.22. The van der Waals surface area contributed by atoms with E-state index in [1.54, 1.807) is 6.07 Å². The Bertz CT molecular complexity index is 417. The SMILES string of the molecule is Cc1ccc(N)c(C)c1C(=O)OC(C)(C)C. The number of benzene rings is 1. The quantitative estimate of drug-likeness (QED) is 0.586. The normalized spacial score (nSPS) is 11.3. The largest absolute Gasteiger partial charge is 0.456 e. The molecule has 88 valence electrons. The van der Waals surface area contributed by atoms with Gasteiger partial charge in [-0.3, -0.25) is 0 Å². The van der Waals surface area contributed by atoms with E-state index in [1.165, 1.54) is 0 Å². The maximum atomic E-state index is 12.0. The first-order valence-electron chi connectivity index (χ1n) is 5.31. The van der Waals surface area contributed by atoms with Crippen molar-refractivity contribution >= 4 is 11.7 Å². The zero-order valence-electron chi connectivity index (χ0n) is 10.5. The molecule has 0 unspecified atom stereocenters. The summed E-state index contributed by atoms with van der Waals surface area (Å²) in [6.45, 7) is 9.26. The molecule has 0 aliphatic heterocycles. The molecule has 1 aromatic rings. The van der Waals surface area contributed by atoms with Gasteiger partial charge in [0.2, 0.25) is 0 Å². The lowest BCUT2D eigenvalue weighted by Gasteiger charge is -2.21. The third kappa shape index (κ3) is 2.75. The smallest absolute Gasteiger partial charge is 0.339 e. The maximum Gasteiger partial charge on any atom is 0.339 e. The first-order valence-corrected chi connectivity index (χ1v) is 5.31. The summed E-state index contributed by atoms with van der Waals surface area (Å²) < 4.78 is 5.35. The van der Waals surface area contributed by atoms with Crippen molar-refractivity contribution in [1.82, 2.24) is 0 Å². The molecule has 0 saturated carbocycles. The number of anilines is 1. The summed E-state index contributed by atoms with van der Waals surface area (Å²) in [5.41, 5.74) is 8.17. The molecular formula is C13H19NO2. The van der Waals surface area contributed by atoms with Gasteiger partial charge >= 0.3 is 5.97 Å². The number of carbonyl (C=O) groups is 1. The van der Waals surface area contributed by atoms with Crippen molar-refractivity contribution < 1.29 is 9.53 Å². The van der Waals surface area contributed by atoms with Crippen molar-refractivity contribution in [3.8, 4) is 0 Å². The summed E-state index contributed by atoms with van der Waals surface area (Å²) in [5.74, 6) is -0.310. The number of hydrogen-bond donors (Lipinski definition) is 1. The summed E-state index contributed by atoms with van der Waals surface area (Å²) >= 11 is 0. The Kier molecular flexibility index (Phi) is 3.27. The number of nitrogens with two attached hydrogens (primary N) is 1. The third-order valence-corrected chi connectivity index (χ3v) is 2.32. The highest BCUT2D eigenvalue weighted by Gasteiger charge is 2.21. The third-order valence-electron chi connectivity index (χ3n) is 2.32. The van der Waals surface area contributed by atoms with E-state index >= 15 is 0 Å². The van der Waals surface area contributed by atoms with Crippen LogP contribution < -0.4 is 5.73 Å². The Morgan fingerprint density at radius 1 is 1.25 bits per heavy atom. The Labute approximate surface area is 96.6 Å². The van der Waals surface area contributed by atoms with E-state index in [9.17, 15) is 4.79 Å². The van der Waals surface area contributed by atoms with Gasteiger partial charge in [-0.05, 0) is 51.8 Å². The molecule has 0 bridgehead atoms. The zero-order valence-corrected chi connectivity index (χ0v) is 10.5. The predicted octanol–water partition coefficient (Wildman–Crippen LogP) is 2.84. The number of esters is 1. The monoisotopic (exact) mass is 221 g/mol. The van der Waals surface area contributed by atoms with Gasteiger partial charge in [-0.15, -0.1) is 0 Å². The molecule has 0 amide bonds. The van der Waals surface area contributed by atoms with Gasteiger partial charge in [0.25, 0.3) is 0 Å². The van der Waals surface area contributed by atoms with Crippen molar-refractivity contribution in [2.24, 2.45) is 0 Å². The van der Waals surface area contributed by atoms with Crippen LogP contribution in [0, 0.1) is 13.8 Å². The van der Waals surface area contributed by atoms with Crippen LogP contribution in [-0.4, -0.2) is 11.6 Å². The molecule has 16 heavy (non-hydrogen) atoms. The second-order valence-electron chi connectivity index (χ2n) is 4.97. The average molecular weight is 221 g/mol. The fraction of sp³-hybridized carbons (Fsp3) is 0.462. The zero-order chi connectivity index (χ0) is 12.5. The number of hydrogen-bond acceptors (Lipinski definition) is 3.